The van der Waals surface area contributed by atoms with Crippen molar-refractivity contribution in [1.82, 2.24) is 0 Å². The second kappa shape index (κ2) is 28.6. The molecule has 0 bridgehead atoms. The first-order valence-corrected chi connectivity index (χ1v) is 21.2. The molecule has 0 aromatic heterocycles. The molecule has 3 heteroatoms. The molecule has 0 aromatic rings. The van der Waals surface area contributed by atoms with Crippen molar-refractivity contribution < 1.29 is 5.11 Å². The first-order valence-electron chi connectivity index (χ1n) is 15.0. The zero-order valence-electron chi connectivity index (χ0n) is 27.0. The van der Waals surface area contributed by atoms with Gasteiger partial charge in [-0.1, -0.05) is 178 Å². The zero-order valence-corrected chi connectivity index (χ0v) is 29.0. The Bertz CT molecular complexity index is 306. The molecule has 0 spiro atoms. The second-order valence-electron chi connectivity index (χ2n) is 10.2. The molecule has 0 atom stereocenters. The lowest BCUT2D eigenvalue weighted by atomic mass is 9.82. The van der Waals surface area contributed by atoms with Crippen molar-refractivity contribution in [2.24, 2.45) is 11.3 Å². The second-order valence-corrected chi connectivity index (χ2v) is 21.3. The summed E-state index contributed by atoms with van der Waals surface area (Å²) in [5.74, 6) is 0.986. The van der Waals surface area contributed by atoms with E-state index in [1.807, 2.05) is 13.8 Å². The highest BCUT2D eigenvalue weighted by Crippen LogP contribution is 2.41. The number of aliphatic hydroxyl groups is 1. The minimum atomic E-state index is -0.896. The van der Waals surface area contributed by atoms with Crippen LogP contribution < -0.4 is 0 Å². The van der Waals surface area contributed by atoms with Gasteiger partial charge in [-0.2, -0.15) is 0 Å². The Morgan fingerprint density at radius 1 is 0.515 bits per heavy atom. The minimum Gasteiger partial charge on any atom is -0.400 e. The van der Waals surface area contributed by atoms with E-state index in [-0.39, 0.29) is 0 Å². The molecule has 0 rings (SSSR count). The van der Waals surface area contributed by atoms with Crippen molar-refractivity contribution in [3.05, 3.63) is 0 Å². The highest BCUT2D eigenvalue weighted by molar-refractivity contribution is 6.78. The Morgan fingerprint density at radius 2 is 0.758 bits per heavy atom. The van der Waals surface area contributed by atoms with Crippen molar-refractivity contribution in [2.75, 3.05) is 7.11 Å². The fourth-order valence-corrected chi connectivity index (χ4v) is 9.21. The summed E-state index contributed by atoms with van der Waals surface area (Å²) in [5.41, 5.74) is 0.674. The summed E-state index contributed by atoms with van der Waals surface area (Å²) in [6, 6.07) is 8.85. The van der Waals surface area contributed by atoms with Crippen molar-refractivity contribution >= 4 is 16.1 Å². The summed E-state index contributed by atoms with van der Waals surface area (Å²) < 4.78 is 0. The summed E-state index contributed by atoms with van der Waals surface area (Å²) in [6.07, 6.45) is 8.20. The third kappa shape index (κ3) is 22.6. The predicted molar refractivity (Wildman–Crippen MR) is 168 cm³/mol. The number of hydrogen-bond acceptors (Lipinski definition) is 1. The Morgan fingerprint density at radius 3 is 0.848 bits per heavy atom. The van der Waals surface area contributed by atoms with Gasteiger partial charge in [0.15, 0.2) is 0 Å². The monoisotopic (exact) mass is 507 g/mol. The van der Waals surface area contributed by atoms with Crippen molar-refractivity contribution in [3.63, 3.8) is 0 Å². The molecule has 0 saturated carbocycles. The topological polar surface area (TPSA) is 20.2 Å². The van der Waals surface area contributed by atoms with Gasteiger partial charge in [0.25, 0.3) is 0 Å². The van der Waals surface area contributed by atoms with Crippen LogP contribution in [0.2, 0.25) is 49.4 Å². The molecule has 0 amide bonds. The summed E-state index contributed by atoms with van der Waals surface area (Å²) in [4.78, 5) is 0. The third-order valence-corrected chi connectivity index (χ3v) is 19.2. The third-order valence-electron chi connectivity index (χ3n) is 9.05. The van der Waals surface area contributed by atoms with Crippen molar-refractivity contribution in [3.8, 4) is 0 Å². The number of rotatable bonds is 13. The zero-order chi connectivity index (χ0) is 27.6. The molecule has 33 heavy (non-hydrogen) atoms. The van der Waals surface area contributed by atoms with Crippen LogP contribution >= 0.6 is 0 Å². The van der Waals surface area contributed by atoms with Crippen LogP contribution in [0.1, 0.15) is 129 Å². The van der Waals surface area contributed by atoms with Gasteiger partial charge in [-0.25, -0.2) is 0 Å². The van der Waals surface area contributed by atoms with Crippen LogP contribution in [0, 0.1) is 11.3 Å². The molecule has 208 valence electrons. The van der Waals surface area contributed by atoms with Gasteiger partial charge < -0.3 is 5.11 Å². The van der Waals surface area contributed by atoms with Gasteiger partial charge in [0, 0.05) is 15.2 Å². The van der Waals surface area contributed by atoms with Gasteiger partial charge in [-0.05, 0) is 11.3 Å². The highest BCUT2D eigenvalue weighted by Gasteiger charge is 2.34. The van der Waals surface area contributed by atoms with Crippen LogP contribution in [0.4, 0.5) is 0 Å². The quantitative estimate of drug-likeness (QED) is 0.246. The Kier molecular flexibility index (Phi) is 37.7. The molecule has 0 radical (unpaired) electrons. The van der Waals surface area contributed by atoms with Crippen LogP contribution in [-0.2, 0) is 0 Å². The lowest BCUT2D eigenvalue weighted by Crippen LogP contribution is -2.36. The van der Waals surface area contributed by atoms with Gasteiger partial charge in [0.2, 0.25) is 0 Å². The van der Waals surface area contributed by atoms with Crippen LogP contribution in [0.25, 0.3) is 0 Å². The highest BCUT2D eigenvalue weighted by atomic mass is 28.3. The van der Waals surface area contributed by atoms with Crippen LogP contribution in [-0.4, -0.2) is 28.4 Å². The van der Waals surface area contributed by atoms with E-state index in [1.165, 1.54) is 68.7 Å². The van der Waals surface area contributed by atoms with E-state index in [1.54, 1.807) is 6.04 Å². The van der Waals surface area contributed by atoms with E-state index in [0.29, 0.717) is 5.41 Å². The molecule has 0 aromatic carbocycles. The van der Waals surface area contributed by atoms with Crippen molar-refractivity contribution in [2.45, 2.75) is 178 Å². The maximum Gasteiger partial charge on any atom is 0.0504 e. The van der Waals surface area contributed by atoms with Gasteiger partial charge >= 0.3 is 0 Å². The average molecular weight is 507 g/mol. The van der Waals surface area contributed by atoms with Gasteiger partial charge in [-0.3, -0.25) is 0 Å². The Labute approximate surface area is 217 Å². The average Bonchev–Trinajstić information content (AvgIpc) is 2.91. The van der Waals surface area contributed by atoms with E-state index in [9.17, 15) is 0 Å². The first-order chi connectivity index (χ1) is 15.5. The molecular weight excluding hydrogens is 433 g/mol. The van der Waals surface area contributed by atoms with Gasteiger partial charge in [-0.15, -0.1) is 0 Å². The summed E-state index contributed by atoms with van der Waals surface area (Å²) >= 11 is 0. The molecule has 0 aliphatic carbocycles. The Balaban J connectivity index is -0.000000118. The summed E-state index contributed by atoms with van der Waals surface area (Å²) in [6.45, 7) is 34.8. The fraction of sp³-hybridized carbons (Fsp3) is 1.00. The standard InChI is InChI=1S/C13H30Si.C7H18Si.C7H16.C2H6.CH4O/c1-7-13(8-2,9-3)12-14(6,10-4)11-5;1-5-8(4,6-2)7-3;1-4-7(5-2)6-3;2*1-2/h7-12H2,1-6H3;5-7H2,1-4H3;7H,4-6H2,1-3H3;1-2H3;2H,1H3. The van der Waals surface area contributed by atoms with E-state index < -0.39 is 16.1 Å². The number of hydrogen-bond donors (Lipinski definition) is 1. The molecule has 0 heterocycles. The number of aliphatic hydroxyl groups excluding tert-OH is 1. The van der Waals surface area contributed by atoms with E-state index >= 15 is 0 Å². The van der Waals surface area contributed by atoms with Crippen LogP contribution in [0.3, 0.4) is 0 Å². The van der Waals surface area contributed by atoms with Crippen LogP contribution in [0.15, 0.2) is 0 Å². The molecule has 0 aliphatic heterocycles. The normalized spacial score (nSPS) is 11.1. The largest absolute Gasteiger partial charge is 0.400 e. The molecule has 1 nitrogen and oxygen atoms in total. The van der Waals surface area contributed by atoms with Crippen molar-refractivity contribution in [1.29, 1.82) is 0 Å². The molecule has 0 aliphatic rings. The van der Waals surface area contributed by atoms with E-state index in [2.05, 4.69) is 89.3 Å². The maximum atomic E-state index is 7.00. The van der Waals surface area contributed by atoms with E-state index in [0.717, 1.165) is 13.0 Å². The molecular formula is C30H74OSi2. The fourth-order valence-electron chi connectivity index (χ4n) is 4.15. The lowest BCUT2D eigenvalue weighted by Gasteiger charge is -2.39. The minimum absolute atomic E-state index is 0.671. The van der Waals surface area contributed by atoms with E-state index in [4.69, 9.17) is 5.11 Å². The summed E-state index contributed by atoms with van der Waals surface area (Å²) in [5, 5.41) is 7.00. The molecule has 1 N–H and O–H groups in total. The SMILES string of the molecule is CC.CCC(CC)(CC)C[Si](C)(CC)CC.CCC(CC)CC.CC[Si](C)(CC)CC.CO. The lowest BCUT2D eigenvalue weighted by molar-refractivity contribution is 0.281. The summed E-state index contributed by atoms with van der Waals surface area (Å²) in [7, 11) is -0.567. The Hall–Kier alpha value is 0.394. The van der Waals surface area contributed by atoms with Gasteiger partial charge in [0.05, 0.1) is 8.07 Å². The predicted octanol–water partition coefficient (Wildman–Crippen LogP) is 11.9. The maximum absolute atomic E-state index is 7.00. The first kappa shape index (κ1) is 43.5. The molecule has 0 fully saturated rings. The molecule has 0 saturated heterocycles. The smallest absolute Gasteiger partial charge is 0.0504 e. The van der Waals surface area contributed by atoms with Crippen LogP contribution in [0.5, 0.6) is 0 Å². The van der Waals surface area contributed by atoms with Gasteiger partial charge in [0.1, 0.15) is 0 Å². The molecule has 0 unspecified atom stereocenters.